The summed E-state index contributed by atoms with van der Waals surface area (Å²) in [4.78, 5) is 0. The van der Waals surface area contributed by atoms with Crippen LogP contribution < -0.4 is 0 Å². The van der Waals surface area contributed by atoms with Crippen molar-refractivity contribution in [2.24, 2.45) is 21.7 Å². The van der Waals surface area contributed by atoms with Gasteiger partial charge in [-0.1, -0.05) is 63.3 Å². The van der Waals surface area contributed by atoms with E-state index in [0.717, 1.165) is 57.8 Å². The van der Waals surface area contributed by atoms with Crippen LogP contribution in [-0.4, -0.2) is 22.4 Å². The van der Waals surface area contributed by atoms with E-state index >= 15 is 0 Å². The van der Waals surface area contributed by atoms with Crippen LogP contribution in [0.1, 0.15) is 118 Å². The number of aliphatic hydroxyl groups is 2. The van der Waals surface area contributed by atoms with Gasteiger partial charge < -0.3 is 10.2 Å². The molecule has 0 saturated heterocycles. The second kappa shape index (κ2) is 7.77. The summed E-state index contributed by atoms with van der Waals surface area (Å²) in [6.07, 6.45) is 17.3. The molecule has 170 valence electrons. The maximum Gasteiger partial charge on any atom is 0.0650 e. The zero-order chi connectivity index (χ0) is 21.8. The van der Waals surface area contributed by atoms with Gasteiger partial charge in [-0.05, 0) is 88.4 Å². The highest BCUT2D eigenvalue weighted by Gasteiger charge is 2.50. The Bertz CT molecular complexity index is 727. The van der Waals surface area contributed by atoms with Crippen molar-refractivity contribution in [3.8, 4) is 0 Å². The minimum Gasteiger partial charge on any atom is -0.392 e. The van der Waals surface area contributed by atoms with Crippen molar-refractivity contribution >= 4 is 0 Å². The van der Waals surface area contributed by atoms with E-state index in [0.29, 0.717) is 0 Å². The van der Waals surface area contributed by atoms with Gasteiger partial charge in [0.15, 0.2) is 0 Å². The fourth-order valence-electron chi connectivity index (χ4n) is 7.91. The number of aliphatic hydroxyl groups excluding tert-OH is 2. The molecule has 0 radical (unpaired) electrons. The lowest BCUT2D eigenvalue weighted by Crippen LogP contribution is -2.49. The lowest BCUT2D eigenvalue weighted by atomic mass is 9.55. The van der Waals surface area contributed by atoms with Gasteiger partial charge in [-0.25, -0.2) is 0 Å². The molecule has 0 aromatic carbocycles. The van der Waals surface area contributed by atoms with Gasteiger partial charge in [0.05, 0.1) is 12.2 Å². The second-order valence-corrected chi connectivity index (χ2v) is 13.0. The Hall–Kier alpha value is -0.600. The van der Waals surface area contributed by atoms with E-state index in [2.05, 4.69) is 40.7 Å². The van der Waals surface area contributed by atoms with E-state index in [1.165, 1.54) is 25.7 Å². The van der Waals surface area contributed by atoms with Crippen LogP contribution in [0, 0.1) is 21.7 Å². The molecule has 0 aromatic heterocycles. The maximum absolute atomic E-state index is 11.2. The van der Waals surface area contributed by atoms with Crippen molar-refractivity contribution in [3.05, 3.63) is 22.8 Å². The third-order valence-corrected chi connectivity index (χ3v) is 9.96. The SMILES string of the molecule is CC1=C(CC2=CCC3(CCCC(C)(C)C3O)CC2)CCC2(CCCC(C)(C)C2O)C1. The van der Waals surface area contributed by atoms with Gasteiger partial charge in [-0.2, -0.15) is 0 Å². The largest absolute Gasteiger partial charge is 0.392 e. The summed E-state index contributed by atoms with van der Waals surface area (Å²) in [6.45, 7) is 11.4. The zero-order valence-corrected chi connectivity index (χ0v) is 20.3. The normalized spacial score (nSPS) is 41.2. The van der Waals surface area contributed by atoms with Crippen molar-refractivity contribution in [3.63, 3.8) is 0 Å². The van der Waals surface area contributed by atoms with Gasteiger partial charge >= 0.3 is 0 Å². The van der Waals surface area contributed by atoms with Gasteiger partial charge in [0.25, 0.3) is 0 Å². The van der Waals surface area contributed by atoms with Crippen molar-refractivity contribution in [2.45, 2.75) is 130 Å². The molecule has 2 saturated carbocycles. The first-order valence-electron chi connectivity index (χ1n) is 12.7. The Morgan fingerprint density at radius 2 is 1.37 bits per heavy atom. The summed E-state index contributed by atoms with van der Waals surface area (Å²) in [5, 5.41) is 22.3. The molecule has 2 N–H and O–H groups in total. The van der Waals surface area contributed by atoms with E-state index in [1.807, 2.05) is 0 Å². The molecule has 0 aromatic rings. The average molecular weight is 415 g/mol. The average Bonchev–Trinajstić information content (AvgIpc) is 2.68. The van der Waals surface area contributed by atoms with Crippen molar-refractivity contribution < 1.29 is 10.2 Å². The Labute approximate surface area is 185 Å². The molecule has 0 aliphatic heterocycles. The highest BCUT2D eigenvalue weighted by atomic mass is 16.3. The van der Waals surface area contributed by atoms with E-state index in [4.69, 9.17) is 0 Å². The Balaban J connectivity index is 1.44. The zero-order valence-electron chi connectivity index (χ0n) is 20.3. The quantitative estimate of drug-likeness (QED) is 0.473. The van der Waals surface area contributed by atoms with Gasteiger partial charge in [0.2, 0.25) is 0 Å². The third-order valence-electron chi connectivity index (χ3n) is 9.96. The maximum atomic E-state index is 11.2. The topological polar surface area (TPSA) is 40.5 Å². The molecular formula is C28H46O2. The smallest absolute Gasteiger partial charge is 0.0650 e. The summed E-state index contributed by atoms with van der Waals surface area (Å²) in [6, 6.07) is 0. The minimum atomic E-state index is -0.167. The molecule has 2 nitrogen and oxygen atoms in total. The van der Waals surface area contributed by atoms with Crippen LogP contribution in [-0.2, 0) is 0 Å². The summed E-state index contributed by atoms with van der Waals surface area (Å²) >= 11 is 0. The molecule has 0 amide bonds. The highest BCUT2D eigenvalue weighted by Crippen LogP contribution is 2.56. The lowest BCUT2D eigenvalue weighted by molar-refractivity contribution is -0.0996. The molecule has 4 rings (SSSR count). The van der Waals surface area contributed by atoms with E-state index in [9.17, 15) is 10.2 Å². The van der Waals surface area contributed by atoms with Crippen molar-refractivity contribution in [1.29, 1.82) is 0 Å². The van der Waals surface area contributed by atoms with Crippen LogP contribution >= 0.6 is 0 Å². The fraction of sp³-hybridized carbons (Fsp3) is 0.857. The molecule has 2 heteroatoms. The Kier molecular flexibility index (Phi) is 5.85. The Morgan fingerprint density at radius 1 is 0.800 bits per heavy atom. The van der Waals surface area contributed by atoms with Crippen molar-refractivity contribution in [2.75, 3.05) is 0 Å². The molecule has 30 heavy (non-hydrogen) atoms. The first-order chi connectivity index (χ1) is 14.0. The molecular weight excluding hydrogens is 368 g/mol. The first-order valence-corrected chi connectivity index (χ1v) is 12.7. The predicted molar refractivity (Wildman–Crippen MR) is 125 cm³/mol. The van der Waals surface area contributed by atoms with Crippen LogP contribution in [0.4, 0.5) is 0 Å². The van der Waals surface area contributed by atoms with E-state index in [1.54, 1.807) is 16.7 Å². The summed E-state index contributed by atoms with van der Waals surface area (Å²) < 4.78 is 0. The van der Waals surface area contributed by atoms with Gasteiger partial charge in [-0.15, -0.1) is 0 Å². The number of hydrogen-bond donors (Lipinski definition) is 2. The van der Waals surface area contributed by atoms with E-state index in [-0.39, 0.29) is 33.9 Å². The van der Waals surface area contributed by atoms with Crippen LogP contribution in [0.3, 0.4) is 0 Å². The fourth-order valence-corrected chi connectivity index (χ4v) is 7.91. The molecule has 4 aliphatic carbocycles. The molecule has 4 unspecified atom stereocenters. The molecule has 4 atom stereocenters. The minimum absolute atomic E-state index is 0.0604. The Morgan fingerprint density at radius 3 is 1.93 bits per heavy atom. The number of rotatable bonds is 2. The van der Waals surface area contributed by atoms with Crippen molar-refractivity contribution in [1.82, 2.24) is 0 Å². The standard InChI is InChI=1S/C28H46O2/c1-20-19-28(14-7-12-26(4,5)24(28)30)17-10-22(20)18-21-8-15-27(16-9-21)13-6-11-25(2,3)23(27)29/h8,23-24,29-30H,6-7,9-19H2,1-5H3. The molecule has 4 aliphatic rings. The van der Waals surface area contributed by atoms with Gasteiger partial charge in [0, 0.05) is 10.8 Å². The molecule has 2 fully saturated rings. The second-order valence-electron chi connectivity index (χ2n) is 13.0. The molecule has 2 spiro atoms. The first kappa shape index (κ1) is 22.6. The van der Waals surface area contributed by atoms with Crippen LogP contribution in [0.2, 0.25) is 0 Å². The highest BCUT2D eigenvalue weighted by molar-refractivity contribution is 5.27. The number of hydrogen-bond acceptors (Lipinski definition) is 2. The van der Waals surface area contributed by atoms with E-state index < -0.39 is 0 Å². The molecule has 0 bridgehead atoms. The molecule has 0 heterocycles. The summed E-state index contributed by atoms with van der Waals surface area (Å²) in [7, 11) is 0. The lowest BCUT2D eigenvalue weighted by Gasteiger charge is -2.52. The third kappa shape index (κ3) is 3.85. The van der Waals surface area contributed by atoms with Crippen LogP contribution in [0.25, 0.3) is 0 Å². The monoisotopic (exact) mass is 414 g/mol. The number of allylic oxidation sites excluding steroid dienone is 4. The summed E-state index contributed by atoms with van der Waals surface area (Å²) in [5.41, 5.74) is 5.17. The van der Waals surface area contributed by atoms with Crippen LogP contribution in [0.15, 0.2) is 22.8 Å². The predicted octanol–water partition coefficient (Wildman–Crippen LogP) is 7.10. The van der Waals surface area contributed by atoms with Gasteiger partial charge in [0.1, 0.15) is 0 Å². The summed E-state index contributed by atoms with van der Waals surface area (Å²) in [5.74, 6) is 0. The van der Waals surface area contributed by atoms with Crippen LogP contribution in [0.5, 0.6) is 0 Å². The van der Waals surface area contributed by atoms with Gasteiger partial charge in [-0.3, -0.25) is 0 Å².